The molecule has 0 saturated carbocycles. The van der Waals surface area contributed by atoms with Gasteiger partial charge >= 0.3 is 0 Å². The fourth-order valence-corrected chi connectivity index (χ4v) is 2.30. The molecular weight excluding hydrogens is 186 g/mol. The highest BCUT2D eigenvalue weighted by atomic mass is 16.3. The molecule has 2 nitrogen and oxygen atoms in total. The fourth-order valence-electron chi connectivity index (χ4n) is 2.30. The minimum absolute atomic E-state index is 0.209. The Morgan fingerprint density at radius 1 is 1.40 bits per heavy atom. The standard InChI is InChI=1S/C13H19NO/c1-10(9-15)14-13-7-6-11-4-2-3-5-12(11)8-13/h2-5,10,13-15H,6-9H2,1H3/t10-,13?/m1/s1. The molecule has 0 spiro atoms. The number of aliphatic hydroxyl groups is 1. The van der Waals surface area contributed by atoms with Crippen molar-refractivity contribution in [2.24, 2.45) is 0 Å². The van der Waals surface area contributed by atoms with Gasteiger partial charge in [0.05, 0.1) is 6.61 Å². The Morgan fingerprint density at radius 3 is 2.87 bits per heavy atom. The lowest BCUT2D eigenvalue weighted by molar-refractivity contribution is 0.236. The lowest BCUT2D eigenvalue weighted by atomic mass is 9.88. The molecular formula is C13H19NO. The van der Waals surface area contributed by atoms with Crippen LogP contribution in [0.1, 0.15) is 24.5 Å². The maximum Gasteiger partial charge on any atom is 0.0582 e. The summed E-state index contributed by atoms with van der Waals surface area (Å²) in [5, 5.41) is 12.5. The summed E-state index contributed by atoms with van der Waals surface area (Å²) in [6, 6.07) is 9.40. The van der Waals surface area contributed by atoms with Crippen LogP contribution in [0.5, 0.6) is 0 Å². The monoisotopic (exact) mass is 205 g/mol. The van der Waals surface area contributed by atoms with Gasteiger partial charge in [-0.05, 0) is 37.3 Å². The second-order valence-corrected chi connectivity index (χ2v) is 4.46. The third kappa shape index (κ3) is 2.58. The maximum absolute atomic E-state index is 9.00. The Kier molecular flexibility index (Phi) is 3.39. The highest BCUT2D eigenvalue weighted by Gasteiger charge is 2.18. The van der Waals surface area contributed by atoms with Crippen molar-refractivity contribution in [3.05, 3.63) is 35.4 Å². The molecule has 2 atom stereocenters. The number of rotatable bonds is 3. The van der Waals surface area contributed by atoms with Crippen LogP contribution in [0.2, 0.25) is 0 Å². The Balaban J connectivity index is 1.99. The lowest BCUT2D eigenvalue weighted by Crippen LogP contribution is -2.41. The number of benzene rings is 1. The highest BCUT2D eigenvalue weighted by Crippen LogP contribution is 2.21. The van der Waals surface area contributed by atoms with Crippen molar-refractivity contribution in [2.45, 2.75) is 38.3 Å². The average Bonchev–Trinajstić information content (AvgIpc) is 2.29. The number of aryl methyl sites for hydroxylation is 1. The molecule has 0 aliphatic heterocycles. The first-order valence-electron chi connectivity index (χ1n) is 5.73. The van der Waals surface area contributed by atoms with Gasteiger partial charge in [0.2, 0.25) is 0 Å². The van der Waals surface area contributed by atoms with Crippen molar-refractivity contribution >= 4 is 0 Å². The Morgan fingerprint density at radius 2 is 2.13 bits per heavy atom. The van der Waals surface area contributed by atoms with E-state index in [1.165, 1.54) is 17.5 Å². The van der Waals surface area contributed by atoms with Crippen molar-refractivity contribution in [1.29, 1.82) is 0 Å². The molecule has 0 bridgehead atoms. The highest BCUT2D eigenvalue weighted by molar-refractivity contribution is 5.30. The number of fused-ring (bicyclic) bond motifs is 1. The minimum atomic E-state index is 0.209. The molecule has 1 aromatic rings. The van der Waals surface area contributed by atoms with Crippen molar-refractivity contribution in [3.8, 4) is 0 Å². The number of aliphatic hydroxyl groups excluding tert-OH is 1. The topological polar surface area (TPSA) is 32.3 Å². The Bertz CT molecular complexity index is 324. The van der Waals surface area contributed by atoms with Gasteiger partial charge < -0.3 is 10.4 Å². The molecule has 0 heterocycles. The summed E-state index contributed by atoms with van der Waals surface area (Å²) in [6.07, 6.45) is 3.44. The predicted molar refractivity (Wildman–Crippen MR) is 61.9 cm³/mol. The van der Waals surface area contributed by atoms with E-state index in [1.807, 2.05) is 6.92 Å². The van der Waals surface area contributed by atoms with E-state index in [0.29, 0.717) is 6.04 Å². The summed E-state index contributed by atoms with van der Waals surface area (Å²) in [4.78, 5) is 0. The summed E-state index contributed by atoms with van der Waals surface area (Å²) in [7, 11) is 0. The predicted octanol–water partition coefficient (Wildman–Crippen LogP) is 1.51. The van der Waals surface area contributed by atoms with Crippen LogP contribution in [-0.4, -0.2) is 23.8 Å². The number of hydrogen-bond acceptors (Lipinski definition) is 2. The molecule has 2 heteroatoms. The molecule has 2 rings (SSSR count). The number of hydrogen-bond donors (Lipinski definition) is 2. The van der Waals surface area contributed by atoms with Gasteiger partial charge in [-0.3, -0.25) is 0 Å². The molecule has 82 valence electrons. The Hall–Kier alpha value is -0.860. The van der Waals surface area contributed by atoms with Gasteiger partial charge in [-0.15, -0.1) is 0 Å². The molecule has 0 amide bonds. The van der Waals surface area contributed by atoms with E-state index < -0.39 is 0 Å². The van der Waals surface area contributed by atoms with Crippen LogP contribution in [0.25, 0.3) is 0 Å². The second-order valence-electron chi connectivity index (χ2n) is 4.46. The fraction of sp³-hybridized carbons (Fsp3) is 0.538. The van der Waals surface area contributed by atoms with E-state index in [1.54, 1.807) is 0 Å². The Labute approximate surface area is 91.3 Å². The molecule has 15 heavy (non-hydrogen) atoms. The first kappa shape index (κ1) is 10.7. The normalized spacial score (nSPS) is 22.1. The van der Waals surface area contributed by atoms with E-state index in [-0.39, 0.29) is 12.6 Å². The van der Waals surface area contributed by atoms with Gasteiger partial charge in [0.15, 0.2) is 0 Å². The van der Waals surface area contributed by atoms with Crippen LogP contribution in [-0.2, 0) is 12.8 Å². The van der Waals surface area contributed by atoms with E-state index in [9.17, 15) is 0 Å². The van der Waals surface area contributed by atoms with Crippen molar-refractivity contribution in [1.82, 2.24) is 5.32 Å². The molecule has 0 fully saturated rings. The van der Waals surface area contributed by atoms with Crippen LogP contribution >= 0.6 is 0 Å². The molecule has 2 N–H and O–H groups in total. The van der Waals surface area contributed by atoms with Crippen LogP contribution in [0.4, 0.5) is 0 Å². The second kappa shape index (κ2) is 4.77. The third-order valence-electron chi connectivity index (χ3n) is 3.14. The molecule has 0 aromatic heterocycles. The van der Waals surface area contributed by atoms with Crippen LogP contribution < -0.4 is 5.32 Å². The minimum Gasteiger partial charge on any atom is -0.395 e. The third-order valence-corrected chi connectivity index (χ3v) is 3.14. The van der Waals surface area contributed by atoms with Gasteiger partial charge in [0.25, 0.3) is 0 Å². The first-order chi connectivity index (χ1) is 7.29. The summed E-state index contributed by atoms with van der Waals surface area (Å²) >= 11 is 0. The molecule has 0 radical (unpaired) electrons. The van der Waals surface area contributed by atoms with Crippen molar-refractivity contribution in [3.63, 3.8) is 0 Å². The molecule has 1 unspecified atom stereocenters. The lowest BCUT2D eigenvalue weighted by Gasteiger charge is -2.27. The van der Waals surface area contributed by atoms with Gasteiger partial charge in [0, 0.05) is 12.1 Å². The van der Waals surface area contributed by atoms with Crippen LogP contribution in [0.15, 0.2) is 24.3 Å². The quantitative estimate of drug-likeness (QED) is 0.784. The number of nitrogens with one attached hydrogen (secondary N) is 1. The van der Waals surface area contributed by atoms with Crippen LogP contribution in [0, 0.1) is 0 Å². The van der Waals surface area contributed by atoms with Gasteiger partial charge in [-0.1, -0.05) is 24.3 Å². The van der Waals surface area contributed by atoms with Gasteiger partial charge in [-0.2, -0.15) is 0 Å². The SMILES string of the molecule is C[C@H](CO)NC1CCc2ccccc2C1. The zero-order chi connectivity index (χ0) is 10.7. The van der Waals surface area contributed by atoms with Gasteiger partial charge in [-0.25, -0.2) is 0 Å². The molecule has 0 saturated heterocycles. The van der Waals surface area contributed by atoms with Gasteiger partial charge in [0.1, 0.15) is 0 Å². The summed E-state index contributed by atoms with van der Waals surface area (Å²) < 4.78 is 0. The maximum atomic E-state index is 9.00. The largest absolute Gasteiger partial charge is 0.395 e. The summed E-state index contributed by atoms with van der Waals surface area (Å²) in [5.41, 5.74) is 2.96. The molecule has 1 aliphatic rings. The summed E-state index contributed by atoms with van der Waals surface area (Å²) in [5.74, 6) is 0. The summed E-state index contributed by atoms with van der Waals surface area (Å²) in [6.45, 7) is 2.25. The van der Waals surface area contributed by atoms with Crippen LogP contribution in [0.3, 0.4) is 0 Å². The molecule has 1 aliphatic carbocycles. The zero-order valence-electron chi connectivity index (χ0n) is 9.24. The van der Waals surface area contributed by atoms with E-state index >= 15 is 0 Å². The zero-order valence-corrected chi connectivity index (χ0v) is 9.24. The van der Waals surface area contributed by atoms with Crippen molar-refractivity contribution < 1.29 is 5.11 Å². The smallest absolute Gasteiger partial charge is 0.0582 e. The van der Waals surface area contributed by atoms with E-state index in [4.69, 9.17) is 5.11 Å². The average molecular weight is 205 g/mol. The van der Waals surface area contributed by atoms with E-state index in [0.717, 1.165) is 12.8 Å². The molecule has 1 aromatic carbocycles. The first-order valence-corrected chi connectivity index (χ1v) is 5.73. The van der Waals surface area contributed by atoms with Crippen molar-refractivity contribution in [2.75, 3.05) is 6.61 Å². The van der Waals surface area contributed by atoms with E-state index in [2.05, 4.69) is 29.6 Å².